The third kappa shape index (κ3) is 9.64. The second-order valence-electron chi connectivity index (χ2n) is 8.26. The van der Waals surface area contributed by atoms with Crippen LogP contribution in [0.1, 0.15) is 85.0 Å². The molecule has 27 heavy (non-hydrogen) atoms. The molecule has 0 spiro atoms. The van der Waals surface area contributed by atoms with Crippen molar-refractivity contribution in [1.82, 2.24) is 0 Å². The summed E-state index contributed by atoms with van der Waals surface area (Å²) < 4.78 is 22.4. The third-order valence-electron chi connectivity index (χ3n) is 6.05. The van der Waals surface area contributed by atoms with Crippen molar-refractivity contribution in [3.8, 4) is 0 Å². The van der Waals surface area contributed by atoms with E-state index in [0.29, 0.717) is 24.1 Å². The first-order valence-corrected chi connectivity index (χ1v) is 19.3. The van der Waals surface area contributed by atoms with Crippen molar-refractivity contribution in [2.24, 2.45) is 0 Å². The van der Waals surface area contributed by atoms with E-state index in [1.807, 2.05) is 0 Å². The molecule has 0 aromatic rings. The normalized spacial score (nSPS) is 16.4. The molecule has 3 nitrogen and oxygen atoms in total. The molecular formula is C23H46O3Sn. The molecule has 0 radical (unpaired) electrons. The first-order chi connectivity index (χ1) is 13.2. The van der Waals surface area contributed by atoms with E-state index in [0.717, 1.165) is 0 Å². The van der Waals surface area contributed by atoms with E-state index in [-0.39, 0.29) is 0 Å². The van der Waals surface area contributed by atoms with Crippen LogP contribution in [0.5, 0.6) is 0 Å². The predicted molar refractivity (Wildman–Crippen MR) is 119 cm³/mol. The third-order valence-corrected chi connectivity index (χ3v) is 22.3. The molecule has 0 fully saturated rings. The standard InChI is InChI=1S/C11H19O3.3C4H9.Sn/c1-12-7-8-13-10-14-9-11-5-3-2-4-6-11;3*1-3-4-2;/h5,9H,2-4,6-8,10H2,1H3;3*1,3-4H2,2H3;. The minimum absolute atomic E-state index is 0.437. The molecule has 0 aromatic heterocycles. The molecule has 160 valence electrons. The van der Waals surface area contributed by atoms with Crippen molar-refractivity contribution in [1.29, 1.82) is 0 Å². The Hall–Kier alpha value is 0.419. The molecule has 1 aliphatic carbocycles. The zero-order valence-electron chi connectivity index (χ0n) is 18.7. The Morgan fingerprint density at radius 3 is 2.04 bits per heavy atom. The van der Waals surface area contributed by atoms with Gasteiger partial charge in [-0.3, -0.25) is 0 Å². The average molecular weight is 489 g/mol. The minimum atomic E-state index is -2.48. The summed E-state index contributed by atoms with van der Waals surface area (Å²) in [6.07, 6.45) is 15.8. The fourth-order valence-electron chi connectivity index (χ4n) is 4.45. The summed E-state index contributed by atoms with van der Waals surface area (Å²) in [6, 6.07) is 0. The topological polar surface area (TPSA) is 27.7 Å². The zero-order chi connectivity index (χ0) is 19.8. The van der Waals surface area contributed by atoms with E-state index in [9.17, 15) is 0 Å². The number of allylic oxidation sites excluding steroid dienone is 1. The molecule has 4 heteroatoms. The maximum atomic E-state index is 6.63. The van der Waals surface area contributed by atoms with Crippen molar-refractivity contribution in [3.63, 3.8) is 0 Å². The SMILES string of the molecule is CCC[CH2][Sn]([CH2]CCC)([CH2]CCC)[CH](OCOCCOC)C1=CCCCC1. The van der Waals surface area contributed by atoms with Crippen LogP contribution in [-0.2, 0) is 14.2 Å². The summed E-state index contributed by atoms with van der Waals surface area (Å²) in [5, 5.41) is 0. The summed E-state index contributed by atoms with van der Waals surface area (Å²) >= 11 is -2.48. The van der Waals surface area contributed by atoms with Gasteiger partial charge in [0.2, 0.25) is 0 Å². The van der Waals surface area contributed by atoms with Gasteiger partial charge in [-0.2, -0.15) is 0 Å². The number of hydrogen-bond acceptors (Lipinski definition) is 3. The molecule has 0 aromatic carbocycles. The Kier molecular flexibility index (Phi) is 15.3. The van der Waals surface area contributed by atoms with Gasteiger partial charge >= 0.3 is 174 Å². The van der Waals surface area contributed by atoms with Gasteiger partial charge in [0.25, 0.3) is 0 Å². The number of methoxy groups -OCH3 is 1. The summed E-state index contributed by atoms with van der Waals surface area (Å²) in [6.45, 7) is 8.75. The van der Waals surface area contributed by atoms with E-state index >= 15 is 0 Å². The Morgan fingerprint density at radius 1 is 0.926 bits per heavy atom. The van der Waals surface area contributed by atoms with Gasteiger partial charge in [-0.15, -0.1) is 0 Å². The molecule has 0 saturated heterocycles. The first kappa shape index (κ1) is 25.5. The predicted octanol–water partition coefficient (Wildman–Crippen LogP) is 6.88. The molecule has 1 unspecified atom stereocenters. The monoisotopic (exact) mass is 490 g/mol. The van der Waals surface area contributed by atoms with Crippen LogP contribution in [0.25, 0.3) is 0 Å². The Labute approximate surface area is 173 Å². The van der Waals surface area contributed by atoms with Crippen LogP contribution in [0.3, 0.4) is 0 Å². The van der Waals surface area contributed by atoms with Crippen molar-refractivity contribution >= 4 is 18.4 Å². The van der Waals surface area contributed by atoms with E-state index in [2.05, 4.69) is 26.8 Å². The van der Waals surface area contributed by atoms with E-state index in [4.69, 9.17) is 14.2 Å². The number of rotatable bonds is 17. The van der Waals surface area contributed by atoms with Gasteiger partial charge in [0.1, 0.15) is 0 Å². The van der Waals surface area contributed by atoms with E-state index in [1.54, 1.807) is 12.7 Å². The van der Waals surface area contributed by atoms with Gasteiger partial charge < -0.3 is 0 Å². The second kappa shape index (κ2) is 16.2. The molecule has 0 amide bonds. The summed E-state index contributed by atoms with van der Waals surface area (Å²) in [4.78, 5) is 0. The van der Waals surface area contributed by atoms with Crippen molar-refractivity contribution < 1.29 is 14.2 Å². The molecule has 0 heterocycles. The van der Waals surface area contributed by atoms with Crippen LogP contribution in [0, 0.1) is 0 Å². The first-order valence-electron chi connectivity index (χ1n) is 11.6. The number of hydrogen-bond donors (Lipinski definition) is 0. The Bertz CT molecular complexity index is 362. The van der Waals surface area contributed by atoms with Crippen molar-refractivity contribution in [2.75, 3.05) is 27.1 Å². The van der Waals surface area contributed by atoms with Crippen molar-refractivity contribution in [2.45, 2.75) is 102 Å². The molecule has 0 N–H and O–H groups in total. The van der Waals surface area contributed by atoms with Crippen LogP contribution in [0.15, 0.2) is 11.6 Å². The number of unbranched alkanes of at least 4 members (excludes halogenated alkanes) is 3. The van der Waals surface area contributed by atoms with Crippen LogP contribution in [-0.4, -0.2) is 49.6 Å². The van der Waals surface area contributed by atoms with Gasteiger partial charge in [0, 0.05) is 0 Å². The van der Waals surface area contributed by atoms with Crippen LogP contribution >= 0.6 is 0 Å². The van der Waals surface area contributed by atoms with Gasteiger partial charge in [0.05, 0.1) is 0 Å². The van der Waals surface area contributed by atoms with E-state index in [1.165, 1.54) is 77.5 Å². The molecular weight excluding hydrogens is 443 g/mol. The zero-order valence-corrected chi connectivity index (χ0v) is 21.5. The van der Waals surface area contributed by atoms with Gasteiger partial charge in [-0.05, 0) is 0 Å². The summed E-state index contributed by atoms with van der Waals surface area (Å²) in [5.41, 5.74) is 1.65. The quantitative estimate of drug-likeness (QED) is 0.0965. The van der Waals surface area contributed by atoms with Crippen LogP contribution < -0.4 is 0 Å². The molecule has 1 rings (SSSR count). The fourth-order valence-corrected chi connectivity index (χ4v) is 22.1. The Morgan fingerprint density at radius 2 is 1.56 bits per heavy atom. The summed E-state index contributed by atoms with van der Waals surface area (Å²) in [7, 11) is 1.72. The average Bonchev–Trinajstić information content (AvgIpc) is 2.71. The molecule has 0 saturated carbocycles. The molecule has 1 aliphatic rings. The Balaban J connectivity index is 3.00. The second-order valence-corrected chi connectivity index (χ2v) is 21.8. The molecule has 1 atom stereocenters. The van der Waals surface area contributed by atoms with Crippen LogP contribution in [0.4, 0.5) is 0 Å². The number of ether oxygens (including phenoxy) is 3. The molecule has 0 aliphatic heterocycles. The maximum absolute atomic E-state index is 6.63. The summed E-state index contributed by atoms with van der Waals surface area (Å²) in [5.74, 6) is 0. The van der Waals surface area contributed by atoms with Gasteiger partial charge in [-0.25, -0.2) is 0 Å². The van der Waals surface area contributed by atoms with Crippen molar-refractivity contribution in [3.05, 3.63) is 11.6 Å². The van der Waals surface area contributed by atoms with E-state index < -0.39 is 18.4 Å². The van der Waals surface area contributed by atoms with Crippen LogP contribution in [0.2, 0.25) is 13.3 Å². The fraction of sp³-hybridized carbons (Fsp3) is 0.913. The van der Waals surface area contributed by atoms with Gasteiger partial charge in [-0.1, -0.05) is 0 Å². The van der Waals surface area contributed by atoms with Gasteiger partial charge in [0.15, 0.2) is 0 Å². The molecule has 0 bridgehead atoms.